The third kappa shape index (κ3) is 3.89. The summed E-state index contributed by atoms with van der Waals surface area (Å²) in [6.45, 7) is 0. The SMILES string of the molecule is O=S(=O)(Cc1nnc(-c2cc(Cl)cc(Cl)c2)o1)c1ccc(Cl)cc1. The average Bonchev–Trinajstić information content (AvgIpc) is 2.94. The summed E-state index contributed by atoms with van der Waals surface area (Å²) < 4.78 is 30.1. The predicted molar refractivity (Wildman–Crippen MR) is 92.1 cm³/mol. The van der Waals surface area contributed by atoms with E-state index in [-0.39, 0.29) is 16.7 Å². The molecule has 0 saturated heterocycles. The van der Waals surface area contributed by atoms with E-state index in [0.717, 1.165) is 0 Å². The number of sulfone groups is 1. The van der Waals surface area contributed by atoms with Crippen molar-refractivity contribution in [2.45, 2.75) is 10.6 Å². The average molecular weight is 404 g/mol. The van der Waals surface area contributed by atoms with Crippen LogP contribution < -0.4 is 0 Å². The summed E-state index contributed by atoms with van der Waals surface area (Å²) in [5, 5.41) is 8.88. The molecule has 0 saturated carbocycles. The first-order chi connectivity index (χ1) is 11.3. The zero-order chi connectivity index (χ0) is 17.3. The van der Waals surface area contributed by atoms with Crippen LogP contribution in [0.4, 0.5) is 0 Å². The molecule has 0 amide bonds. The molecule has 3 rings (SSSR count). The smallest absolute Gasteiger partial charge is 0.247 e. The van der Waals surface area contributed by atoms with Gasteiger partial charge in [0.1, 0.15) is 5.75 Å². The van der Waals surface area contributed by atoms with E-state index in [1.807, 2.05) is 0 Å². The van der Waals surface area contributed by atoms with Crippen LogP contribution in [0.5, 0.6) is 0 Å². The summed E-state index contributed by atoms with van der Waals surface area (Å²) in [6, 6.07) is 10.6. The topological polar surface area (TPSA) is 73.1 Å². The van der Waals surface area contributed by atoms with Crippen molar-refractivity contribution in [1.29, 1.82) is 0 Å². The fraction of sp³-hybridized carbons (Fsp3) is 0.0667. The molecule has 0 aliphatic carbocycles. The third-order valence-corrected chi connectivity index (χ3v) is 5.37. The Bertz CT molecular complexity index is 965. The van der Waals surface area contributed by atoms with Crippen LogP contribution in [0.2, 0.25) is 15.1 Å². The Morgan fingerprint density at radius 3 is 2.12 bits per heavy atom. The zero-order valence-electron chi connectivity index (χ0n) is 11.9. The summed E-state index contributed by atoms with van der Waals surface area (Å²) in [4.78, 5) is 0.123. The molecule has 0 fully saturated rings. The van der Waals surface area contributed by atoms with Crippen LogP contribution in [-0.2, 0) is 15.6 Å². The number of rotatable bonds is 4. The molecule has 2 aromatic carbocycles. The van der Waals surface area contributed by atoms with E-state index < -0.39 is 15.6 Å². The number of nitrogens with zero attached hydrogens (tertiary/aromatic N) is 2. The molecular weight excluding hydrogens is 395 g/mol. The molecule has 0 radical (unpaired) electrons. The second kappa shape index (κ2) is 6.72. The molecule has 1 aromatic heterocycles. The number of hydrogen-bond donors (Lipinski definition) is 0. The van der Waals surface area contributed by atoms with E-state index >= 15 is 0 Å². The van der Waals surface area contributed by atoms with Gasteiger partial charge < -0.3 is 4.42 Å². The van der Waals surface area contributed by atoms with Crippen LogP contribution >= 0.6 is 34.8 Å². The van der Waals surface area contributed by atoms with Gasteiger partial charge in [-0.25, -0.2) is 8.42 Å². The maximum atomic E-state index is 12.4. The lowest BCUT2D eigenvalue weighted by Crippen LogP contribution is -2.05. The van der Waals surface area contributed by atoms with Crippen molar-refractivity contribution in [2.75, 3.05) is 0 Å². The molecule has 24 heavy (non-hydrogen) atoms. The summed E-state index contributed by atoms with van der Waals surface area (Å²) in [5.74, 6) is -0.313. The highest BCUT2D eigenvalue weighted by atomic mass is 35.5. The fourth-order valence-corrected chi connectivity index (χ4v) is 3.80. The fourth-order valence-electron chi connectivity index (χ4n) is 1.99. The molecule has 0 unspecified atom stereocenters. The molecule has 0 spiro atoms. The summed E-state index contributed by atoms with van der Waals surface area (Å²) in [5.41, 5.74) is 0.509. The minimum Gasteiger partial charge on any atom is -0.420 e. The molecule has 0 atom stereocenters. The third-order valence-electron chi connectivity index (χ3n) is 3.06. The van der Waals surface area contributed by atoms with Gasteiger partial charge in [-0.15, -0.1) is 10.2 Å². The van der Waals surface area contributed by atoms with Crippen molar-refractivity contribution in [3.05, 3.63) is 63.4 Å². The zero-order valence-corrected chi connectivity index (χ0v) is 15.0. The van der Waals surface area contributed by atoms with Crippen molar-refractivity contribution < 1.29 is 12.8 Å². The highest BCUT2D eigenvalue weighted by Gasteiger charge is 2.20. The van der Waals surface area contributed by atoms with E-state index in [0.29, 0.717) is 20.6 Å². The highest BCUT2D eigenvalue weighted by molar-refractivity contribution is 7.90. The molecule has 3 aromatic rings. The van der Waals surface area contributed by atoms with Gasteiger partial charge >= 0.3 is 0 Å². The largest absolute Gasteiger partial charge is 0.420 e. The van der Waals surface area contributed by atoms with E-state index in [9.17, 15) is 8.42 Å². The van der Waals surface area contributed by atoms with Crippen molar-refractivity contribution in [2.24, 2.45) is 0 Å². The number of halogens is 3. The Kier molecular flexibility index (Phi) is 4.83. The lowest BCUT2D eigenvalue weighted by atomic mass is 10.2. The number of hydrogen-bond acceptors (Lipinski definition) is 5. The molecule has 9 heteroatoms. The molecule has 5 nitrogen and oxygen atoms in total. The molecule has 0 aliphatic rings. The lowest BCUT2D eigenvalue weighted by molar-refractivity contribution is 0.518. The van der Waals surface area contributed by atoms with Gasteiger partial charge in [0, 0.05) is 20.6 Å². The van der Waals surface area contributed by atoms with Gasteiger partial charge in [-0.3, -0.25) is 0 Å². The van der Waals surface area contributed by atoms with Crippen LogP contribution in [0.3, 0.4) is 0 Å². The second-order valence-electron chi connectivity index (χ2n) is 4.87. The highest BCUT2D eigenvalue weighted by Crippen LogP contribution is 2.27. The maximum Gasteiger partial charge on any atom is 0.247 e. The summed E-state index contributed by atoms with van der Waals surface area (Å²) in [7, 11) is -3.62. The van der Waals surface area contributed by atoms with Crippen LogP contribution in [0.1, 0.15) is 5.89 Å². The van der Waals surface area contributed by atoms with Crippen LogP contribution in [0, 0.1) is 0 Å². The van der Waals surface area contributed by atoms with Gasteiger partial charge in [-0.1, -0.05) is 34.8 Å². The van der Waals surface area contributed by atoms with Gasteiger partial charge in [0.15, 0.2) is 9.84 Å². The van der Waals surface area contributed by atoms with Gasteiger partial charge in [-0.2, -0.15) is 0 Å². The first kappa shape index (κ1) is 17.2. The van der Waals surface area contributed by atoms with Crippen LogP contribution in [0.15, 0.2) is 51.8 Å². The first-order valence-corrected chi connectivity index (χ1v) is 9.39. The normalized spacial score (nSPS) is 11.6. The van der Waals surface area contributed by atoms with Crippen LogP contribution in [0.25, 0.3) is 11.5 Å². The monoisotopic (exact) mass is 402 g/mol. The van der Waals surface area contributed by atoms with E-state index in [2.05, 4.69) is 10.2 Å². The van der Waals surface area contributed by atoms with Gasteiger partial charge in [0.05, 0.1) is 4.90 Å². The molecule has 1 heterocycles. The minimum absolute atomic E-state index is 0.0314. The number of benzene rings is 2. The van der Waals surface area contributed by atoms with E-state index in [4.69, 9.17) is 39.2 Å². The number of aromatic nitrogens is 2. The molecule has 0 bridgehead atoms. The quantitative estimate of drug-likeness (QED) is 0.633. The Hall–Kier alpha value is -1.60. The molecule has 0 N–H and O–H groups in total. The van der Waals surface area contributed by atoms with Gasteiger partial charge in [-0.05, 0) is 42.5 Å². The maximum absolute atomic E-state index is 12.4. The Morgan fingerprint density at radius 2 is 1.50 bits per heavy atom. The molecule has 0 aliphatic heterocycles. The summed E-state index contributed by atoms with van der Waals surface area (Å²) in [6.07, 6.45) is 0. The standard InChI is InChI=1S/C15H9Cl3N2O3S/c16-10-1-3-13(4-2-10)24(21,22)8-14-19-20-15(23-14)9-5-11(17)7-12(18)6-9/h1-7H,8H2. The van der Waals surface area contributed by atoms with E-state index in [1.54, 1.807) is 18.2 Å². The lowest BCUT2D eigenvalue weighted by Gasteiger charge is -2.01. The Morgan fingerprint density at radius 1 is 0.875 bits per heavy atom. The Balaban J connectivity index is 1.87. The van der Waals surface area contributed by atoms with Crippen molar-refractivity contribution >= 4 is 44.6 Å². The first-order valence-electron chi connectivity index (χ1n) is 6.61. The Labute approximate surface area is 153 Å². The minimum atomic E-state index is -3.62. The van der Waals surface area contributed by atoms with Gasteiger partial charge in [0.2, 0.25) is 11.8 Å². The molecule has 124 valence electrons. The second-order valence-corrected chi connectivity index (χ2v) is 8.17. The van der Waals surface area contributed by atoms with Gasteiger partial charge in [0.25, 0.3) is 0 Å². The van der Waals surface area contributed by atoms with Crippen molar-refractivity contribution in [3.8, 4) is 11.5 Å². The van der Waals surface area contributed by atoms with Crippen LogP contribution in [-0.4, -0.2) is 18.6 Å². The molecular formula is C15H9Cl3N2O3S. The van der Waals surface area contributed by atoms with E-state index in [1.165, 1.54) is 24.3 Å². The predicted octanol–water partition coefficient (Wildman–Crippen LogP) is 4.67. The summed E-state index contributed by atoms with van der Waals surface area (Å²) >= 11 is 17.6. The van der Waals surface area contributed by atoms with Crippen molar-refractivity contribution in [3.63, 3.8) is 0 Å². The van der Waals surface area contributed by atoms with Crippen molar-refractivity contribution in [1.82, 2.24) is 10.2 Å².